The zero-order valence-electron chi connectivity index (χ0n) is 27.6. The van der Waals surface area contributed by atoms with Crippen molar-refractivity contribution in [2.45, 2.75) is 119 Å². The van der Waals surface area contributed by atoms with Crippen LogP contribution in [0.15, 0.2) is 24.3 Å². The molecule has 0 N–H and O–H groups in total. The summed E-state index contributed by atoms with van der Waals surface area (Å²) in [4.78, 5) is 5.57. The minimum absolute atomic E-state index is 0.00688. The molecule has 0 bridgehead atoms. The molecule has 4 heterocycles. The Kier molecular flexibility index (Phi) is 8.89. The minimum Gasteiger partial charge on any atom is -0.410 e. The molecular formula is C35H47F3INO4Si. The van der Waals surface area contributed by atoms with Crippen LogP contribution in [-0.2, 0) is 36.8 Å². The zero-order valence-corrected chi connectivity index (χ0v) is 30.7. The Hall–Kier alpha value is -1.05. The van der Waals surface area contributed by atoms with Crippen LogP contribution in [0.3, 0.4) is 0 Å². The molecule has 1 aromatic heterocycles. The summed E-state index contributed by atoms with van der Waals surface area (Å²) in [6.45, 7) is 18.5. The number of halogens is 4. The highest BCUT2D eigenvalue weighted by molar-refractivity contribution is 14.1. The van der Waals surface area contributed by atoms with E-state index in [0.29, 0.717) is 32.8 Å². The molecule has 4 aliphatic rings. The molecule has 45 heavy (non-hydrogen) atoms. The Labute approximate surface area is 280 Å². The third-order valence-corrected chi connectivity index (χ3v) is 16.7. The maximum absolute atomic E-state index is 13.6. The van der Waals surface area contributed by atoms with Crippen LogP contribution in [0.4, 0.5) is 13.2 Å². The first-order chi connectivity index (χ1) is 20.9. The molecule has 6 rings (SSSR count). The lowest BCUT2D eigenvalue weighted by atomic mass is 9.69. The summed E-state index contributed by atoms with van der Waals surface area (Å²) >= 11 is 2.48. The Morgan fingerprint density at radius 2 is 1.64 bits per heavy atom. The van der Waals surface area contributed by atoms with Gasteiger partial charge in [0.2, 0.25) is 0 Å². The molecule has 0 saturated carbocycles. The van der Waals surface area contributed by atoms with Crippen LogP contribution in [-0.4, -0.2) is 43.7 Å². The van der Waals surface area contributed by atoms with E-state index in [1.165, 1.54) is 23.3 Å². The van der Waals surface area contributed by atoms with Crippen molar-refractivity contribution in [3.05, 3.63) is 63.5 Å². The normalized spacial score (nSPS) is 29.1. The molecule has 3 aliphatic heterocycles. The molecule has 10 heteroatoms. The van der Waals surface area contributed by atoms with Gasteiger partial charge in [-0.1, -0.05) is 69.3 Å². The first kappa shape index (κ1) is 33.8. The first-order valence-corrected chi connectivity index (χ1v) is 20.5. The van der Waals surface area contributed by atoms with Gasteiger partial charge in [-0.15, -0.1) is 0 Å². The van der Waals surface area contributed by atoms with Gasteiger partial charge >= 0.3 is 6.18 Å². The Bertz CT molecular complexity index is 1420. The number of hydrogen-bond acceptors (Lipinski definition) is 5. The van der Waals surface area contributed by atoms with Crippen LogP contribution in [0, 0.1) is 5.41 Å². The van der Waals surface area contributed by atoms with Crippen molar-refractivity contribution >= 4 is 30.9 Å². The number of hydrogen-bond donors (Lipinski definition) is 0. The van der Waals surface area contributed by atoms with Crippen LogP contribution in [0.1, 0.15) is 118 Å². The molecule has 248 valence electrons. The maximum atomic E-state index is 13.6. The predicted molar refractivity (Wildman–Crippen MR) is 179 cm³/mol. The van der Waals surface area contributed by atoms with E-state index in [9.17, 15) is 13.2 Å². The van der Waals surface area contributed by atoms with Gasteiger partial charge in [0.15, 0.2) is 8.32 Å². The number of nitrogens with zero attached hydrogens (tertiary/aromatic N) is 1. The van der Waals surface area contributed by atoms with E-state index < -0.39 is 31.8 Å². The van der Waals surface area contributed by atoms with Gasteiger partial charge in [-0.05, 0) is 66.9 Å². The standard InChI is InChI=1S/C35H47F3INO4Si/c1-32(2,3)45(6,7)44-25-19-33(4,5)18-24-27(25)29-28(30(40-24)21-12-15-41-16-13-21)31(43-34(29)14-17-42-20-26(34)39)22-8-10-23(11-9-22)35(36,37)38/h8-11,21,25-26,31H,12-20H2,1-7H3/t25?,26?,31-,34?/m1/s1. The summed E-state index contributed by atoms with van der Waals surface area (Å²) in [6.07, 6.45) is -0.983. The Balaban J connectivity index is 1.63. The van der Waals surface area contributed by atoms with Gasteiger partial charge in [-0.2, -0.15) is 13.2 Å². The fraction of sp³-hybridized carbons (Fsp3) is 0.686. The number of fused-ring (bicyclic) bond motifs is 4. The summed E-state index contributed by atoms with van der Waals surface area (Å²) in [5, 5.41) is 0.0226. The van der Waals surface area contributed by atoms with Crippen molar-refractivity contribution in [3.8, 4) is 0 Å². The molecule has 2 saturated heterocycles. The number of benzene rings is 1. The predicted octanol–water partition coefficient (Wildman–Crippen LogP) is 9.57. The maximum Gasteiger partial charge on any atom is 0.416 e. The second-order valence-corrected chi connectivity index (χ2v) is 22.0. The highest BCUT2D eigenvalue weighted by Gasteiger charge is 2.57. The van der Waals surface area contributed by atoms with E-state index in [-0.39, 0.29) is 26.4 Å². The number of alkyl halides is 4. The van der Waals surface area contributed by atoms with Gasteiger partial charge < -0.3 is 18.6 Å². The number of aromatic nitrogens is 1. The molecule has 0 amide bonds. The lowest BCUT2D eigenvalue weighted by Gasteiger charge is -2.47. The summed E-state index contributed by atoms with van der Waals surface area (Å²) < 4.78 is 67.3. The summed E-state index contributed by atoms with van der Waals surface area (Å²) in [6, 6.07) is 5.55. The first-order valence-electron chi connectivity index (χ1n) is 16.3. The SMILES string of the molecule is CC1(C)Cc2nc(C3CCOCC3)c3c(c2C(O[Si](C)(C)C(C)(C)C)C1)C1(CCOCC1I)O[C@@H]3c1ccc(C(F)(F)F)cc1. The van der Waals surface area contributed by atoms with E-state index in [1.54, 1.807) is 12.1 Å². The fourth-order valence-corrected chi connectivity index (χ4v) is 9.75. The zero-order chi connectivity index (χ0) is 32.6. The second kappa shape index (κ2) is 11.8. The van der Waals surface area contributed by atoms with Crippen molar-refractivity contribution in [1.82, 2.24) is 4.98 Å². The Morgan fingerprint density at radius 1 is 0.978 bits per heavy atom. The van der Waals surface area contributed by atoms with Crippen molar-refractivity contribution in [2.75, 3.05) is 26.4 Å². The van der Waals surface area contributed by atoms with Crippen LogP contribution in [0.5, 0.6) is 0 Å². The van der Waals surface area contributed by atoms with Gasteiger partial charge in [0.1, 0.15) is 11.7 Å². The van der Waals surface area contributed by atoms with E-state index in [4.69, 9.17) is 23.6 Å². The number of rotatable bonds is 4. The summed E-state index contributed by atoms with van der Waals surface area (Å²) in [5.41, 5.74) is 4.93. The van der Waals surface area contributed by atoms with Gasteiger partial charge in [0.25, 0.3) is 0 Å². The monoisotopic (exact) mass is 757 g/mol. The molecule has 1 aliphatic carbocycles. The molecule has 5 nitrogen and oxygen atoms in total. The molecule has 1 aromatic carbocycles. The minimum atomic E-state index is -4.41. The van der Waals surface area contributed by atoms with Crippen LogP contribution in [0.25, 0.3) is 0 Å². The van der Waals surface area contributed by atoms with E-state index in [0.717, 1.165) is 48.2 Å². The van der Waals surface area contributed by atoms with Crippen LogP contribution >= 0.6 is 22.6 Å². The number of ether oxygens (including phenoxy) is 3. The second-order valence-electron chi connectivity index (χ2n) is 15.7. The molecule has 3 unspecified atom stereocenters. The lowest BCUT2D eigenvalue weighted by Crippen LogP contribution is -2.47. The molecule has 1 spiro atoms. The number of pyridine rings is 1. The molecular weight excluding hydrogens is 710 g/mol. The summed E-state index contributed by atoms with van der Waals surface area (Å²) in [5.74, 6) is 0.186. The van der Waals surface area contributed by atoms with Crippen molar-refractivity contribution in [1.29, 1.82) is 0 Å². The molecule has 4 atom stereocenters. The lowest BCUT2D eigenvalue weighted by molar-refractivity contribution is -0.137. The van der Waals surface area contributed by atoms with Gasteiger partial charge in [0.05, 0.1) is 27.9 Å². The van der Waals surface area contributed by atoms with Gasteiger partial charge in [0, 0.05) is 54.5 Å². The third kappa shape index (κ3) is 6.18. The van der Waals surface area contributed by atoms with E-state index in [2.05, 4.69) is 70.3 Å². The van der Waals surface area contributed by atoms with Gasteiger partial charge in [-0.3, -0.25) is 4.98 Å². The van der Waals surface area contributed by atoms with E-state index in [1.807, 2.05) is 0 Å². The van der Waals surface area contributed by atoms with Crippen molar-refractivity contribution in [2.24, 2.45) is 5.41 Å². The summed E-state index contributed by atoms with van der Waals surface area (Å²) in [7, 11) is -2.20. The van der Waals surface area contributed by atoms with Crippen LogP contribution < -0.4 is 0 Å². The highest BCUT2D eigenvalue weighted by Crippen LogP contribution is 2.60. The van der Waals surface area contributed by atoms with E-state index >= 15 is 0 Å². The van der Waals surface area contributed by atoms with Crippen molar-refractivity contribution in [3.63, 3.8) is 0 Å². The van der Waals surface area contributed by atoms with Gasteiger partial charge in [-0.25, -0.2) is 0 Å². The molecule has 2 aromatic rings. The Morgan fingerprint density at radius 3 is 2.24 bits per heavy atom. The molecule has 0 radical (unpaired) electrons. The quantitative estimate of drug-likeness (QED) is 0.177. The van der Waals surface area contributed by atoms with Crippen LogP contribution in [0.2, 0.25) is 18.1 Å². The average Bonchev–Trinajstić information content (AvgIpc) is 3.28. The largest absolute Gasteiger partial charge is 0.416 e. The molecule has 2 fully saturated rings. The average molecular weight is 758 g/mol. The smallest absolute Gasteiger partial charge is 0.410 e. The highest BCUT2D eigenvalue weighted by atomic mass is 127. The third-order valence-electron chi connectivity index (χ3n) is 10.9. The topological polar surface area (TPSA) is 49.8 Å². The van der Waals surface area contributed by atoms with Crippen molar-refractivity contribution < 1.29 is 31.8 Å². The fourth-order valence-electron chi connectivity index (χ4n) is 7.46.